The highest BCUT2D eigenvalue weighted by molar-refractivity contribution is 5.65. The molecule has 0 aliphatic carbocycles. The molecule has 24 heavy (non-hydrogen) atoms. The molecule has 5 heteroatoms. The van der Waals surface area contributed by atoms with E-state index in [2.05, 4.69) is 25.4 Å². The van der Waals surface area contributed by atoms with Gasteiger partial charge in [-0.05, 0) is 44.9 Å². The van der Waals surface area contributed by atoms with Gasteiger partial charge in [0, 0.05) is 5.54 Å². The second kappa shape index (κ2) is 14.9. The molecule has 0 aromatic carbocycles. The first kappa shape index (κ1) is 22.4. The van der Waals surface area contributed by atoms with Crippen LogP contribution in [-0.4, -0.2) is 30.0 Å². The number of hydrogen-bond donors (Lipinski definition) is 2. The van der Waals surface area contributed by atoms with E-state index >= 15 is 0 Å². The zero-order valence-corrected chi connectivity index (χ0v) is 15.2. The quantitative estimate of drug-likeness (QED) is 0.281. The second-order valence-corrected chi connectivity index (χ2v) is 6.16. The van der Waals surface area contributed by atoms with Crippen LogP contribution in [0.2, 0.25) is 0 Å². The van der Waals surface area contributed by atoms with E-state index in [0.717, 1.165) is 64.2 Å². The molecule has 0 aliphatic rings. The highest BCUT2D eigenvalue weighted by atomic mass is 16.5. The zero-order chi connectivity index (χ0) is 18.1. The molecule has 0 saturated carbocycles. The van der Waals surface area contributed by atoms with Crippen LogP contribution in [0.4, 0.5) is 4.79 Å². The fraction of sp³-hybridized carbons (Fsp3) is 0.737. The van der Waals surface area contributed by atoms with E-state index in [0.29, 0.717) is 13.2 Å². The summed E-state index contributed by atoms with van der Waals surface area (Å²) in [5, 5.41) is 12.1. The van der Waals surface area contributed by atoms with Crippen LogP contribution in [0, 0.1) is 0 Å². The molecular formula is C19H35NO4. The molecule has 0 bridgehead atoms. The summed E-state index contributed by atoms with van der Waals surface area (Å²) in [5.41, 5.74) is -0.344. The van der Waals surface area contributed by atoms with Gasteiger partial charge in [0.05, 0.1) is 25.7 Å². The van der Waals surface area contributed by atoms with Crippen molar-refractivity contribution in [3.8, 4) is 0 Å². The van der Waals surface area contributed by atoms with Gasteiger partial charge in [-0.1, -0.05) is 39.3 Å². The average molecular weight is 341 g/mol. The number of nitrogens with one attached hydrogen (secondary N) is 1. The van der Waals surface area contributed by atoms with Gasteiger partial charge in [-0.2, -0.15) is 0 Å². The lowest BCUT2D eigenvalue weighted by Crippen LogP contribution is -2.48. The predicted octanol–water partition coefficient (Wildman–Crippen LogP) is 5.23. The first-order valence-corrected chi connectivity index (χ1v) is 9.06. The summed E-state index contributed by atoms with van der Waals surface area (Å²) in [6.45, 7) is 10.5. The largest absolute Gasteiger partial charge is 0.502 e. The van der Waals surface area contributed by atoms with Crippen molar-refractivity contribution in [1.82, 2.24) is 5.32 Å². The number of carbonyl (C=O) groups is 1. The van der Waals surface area contributed by atoms with E-state index in [-0.39, 0.29) is 5.54 Å². The molecule has 0 heterocycles. The summed E-state index contributed by atoms with van der Waals surface area (Å²) in [7, 11) is 0. The smallest absolute Gasteiger partial charge is 0.405 e. The molecule has 0 radical (unpaired) electrons. The zero-order valence-electron chi connectivity index (χ0n) is 15.2. The van der Waals surface area contributed by atoms with Gasteiger partial charge in [-0.25, -0.2) is 4.79 Å². The molecule has 5 nitrogen and oxygen atoms in total. The fourth-order valence-electron chi connectivity index (χ4n) is 2.97. The monoisotopic (exact) mass is 341 g/mol. The topological polar surface area (TPSA) is 67.8 Å². The summed E-state index contributed by atoms with van der Waals surface area (Å²) in [4.78, 5) is 11.3. The van der Waals surface area contributed by atoms with Gasteiger partial charge in [-0.3, -0.25) is 0 Å². The first-order chi connectivity index (χ1) is 11.6. The predicted molar refractivity (Wildman–Crippen MR) is 98.0 cm³/mol. The van der Waals surface area contributed by atoms with E-state index < -0.39 is 6.09 Å². The number of ether oxygens (including phenoxy) is 2. The fourth-order valence-corrected chi connectivity index (χ4v) is 2.97. The number of unbranched alkanes of at least 4 members (excludes halogenated alkanes) is 4. The summed E-state index contributed by atoms with van der Waals surface area (Å²) in [6, 6.07) is 0. The van der Waals surface area contributed by atoms with E-state index in [1.54, 1.807) is 0 Å². The maximum atomic E-state index is 11.3. The van der Waals surface area contributed by atoms with Crippen molar-refractivity contribution >= 4 is 6.09 Å². The van der Waals surface area contributed by atoms with Crippen molar-refractivity contribution < 1.29 is 19.4 Å². The molecule has 0 atom stereocenters. The third-order valence-electron chi connectivity index (χ3n) is 4.20. The maximum absolute atomic E-state index is 11.3. The van der Waals surface area contributed by atoms with Crippen LogP contribution in [0.15, 0.2) is 25.7 Å². The highest BCUT2D eigenvalue weighted by Crippen LogP contribution is 2.28. The normalized spacial score (nSPS) is 10.9. The molecule has 140 valence electrons. The van der Waals surface area contributed by atoms with E-state index in [1.807, 2.05) is 0 Å². The molecule has 0 aromatic heterocycles. The third-order valence-corrected chi connectivity index (χ3v) is 4.20. The Morgan fingerprint density at radius 1 is 0.958 bits per heavy atom. The number of carboxylic acid groups (broad SMARTS) is 1. The van der Waals surface area contributed by atoms with Crippen LogP contribution < -0.4 is 5.32 Å². The molecular weight excluding hydrogens is 306 g/mol. The van der Waals surface area contributed by atoms with Crippen LogP contribution in [0.25, 0.3) is 0 Å². The Hall–Kier alpha value is -1.65. The molecule has 0 unspecified atom stereocenters. The molecule has 0 aromatic rings. The Morgan fingerprint density at radius 3 is 1.79 bits per heavy atom. The summed E-state index contributed by atoms with van der Waals surface area (Å²) < 4.78 is 10.3. The van der Waals surface area contributed by atoms with Gasteiger partial charge < -0.3 is 19.9 Å². The average Bonchev–Trinajstić information content (AvgIpc) is 2.54. The third kappa shape index (κ3) is 11.9. The van der Waals surface area contributed by atoms with Crippen molar-refractivity contribution in [3.05, 3.63) is 25.7 Å². The summed E-state index contributed by atoms with van der Waals surface area (Å²) in [6.07, 6.45) is 11.5. The van der Waals surface area contributed by atoms with Gasteiger partial charge in [0.15, 0.2) is 0 Å². The Kier molecular flexibility index (Phi) is 13.9. The summed E-state index contributed by atoms with van der Waals surface area (Å²) in [5.74, 6) is 0. The molecule has 0 spiro atoms. The Labute approximate surface area is 147 Å². The lowest BCUT2D eigenvalue weighted by atomic mass is 9.82. The molecule has 0 aliphatic heterocycles. The number of rotatable bonds is 17. The van der Waals surface area contributed by atoms with Crippen molar-refractivity contribution in [1.29, 1.82) is 0 Å². The molecule has 0 saturated heterocycles. The van der Waals surface area contributed by atoms with Gasteiger partial charge in [0.1, 0.15) is 0 Å². The van der Waals surface area contributed by atoms with Crippen molar-refractivity contribution in [3.63, 3.8) is 0 Å². The van der Waals surface area contributed by atoms with Crippen molar-refractivity contribution in [2.24, 2.45) is 0 Å². The minimum absolute atomic E-state index is 0.344. The van der Waals surface area contributed by atoms with E-state index in [9.17, 15) is 9.90 Å². The minimum atomic E-state index is -0.934. The summed E-state index contributed by atoms with van der Waals surface area (Å²) >= 11 is 0. The maximum Gasteiger partial charge on any atom is 0.405 e. The SMILES string of the molecule is C=COCCCCC(CCCCC)(CCCCOC=C)NC(=O)O. The molecule has 0 fully saturated rings. The minimum Gasteiger partial charge on any atom is -0.502 e. The molecule has 0 rings (SSSR count). The van der Waals surface area contributed by atoms with Gasteiger partial charge >= 0.3 is 6.09 Å². The van der Waals surface area contributed by atoms with E-state index in [4.69, 9.17) is 9.47 Å². The van der Waals surface area contributed by atoms with Crippen LogP contribution in [-0.2, 0) is 9.47 Å². The van der Waals surface area contributed by atoms with Crippen molar-refractivity contribution in [2.45, 2.75) is 76.7 Å². The van der Waals surface area contributed by atoms with Crippen LogP contribution in [0.3, 0.4) is 0 Å². The Morgan fingerprint density at radius 2 is 1.42 bits per heavy atom. The molecule has 1 amide bonds. The van der Waals surface area contributed by atoms with Gasteiger partial charge in [0.2, 0.25) is 0 Å². The highest BCUT2D eigenvalue weighted by Gasteiger charge is 2.30. The second-order valence-electron chi connectivity index (χ2n) is 6.16. The lowest BCUT2D eigenvalue weighted by Gasteiger charge is -2.34. The first-order valence-electron chi connectivity index (χ1n) is 9.06. The van der Waals surface area contributed by atoms with Gasteiger partial charge in [0.25, 0.3) is 0 Å². The number of amides is 1. The Balaban J connectivity index is 4.61. The van der Waals surface area contributed by atoms with Crippen LogP contribution in [0.1, 0.15) is 71.1 Å². The Bertz CT molecular complexity index is 326. The van der Waals surface area contributed by atoms with Gasteiger partial charge in [-0.15, -0.1) is 0 Å². The van der Waals surface area contributed by atoms with Crippen LogP contribution >= 0.6 is 0 Å². The van der Waals surface area contributed by atoms with Crippen LogP contribution in [0.5, 0.6) is 0 Å². The van der Waals surface area contributed by atoms with Crippen molar-refractivity contribution in [2.75, 3.05) is 13.2 Å². The molecule has 2 N–H and O–H groups in total. The number of hydrogen-bond acceptors (Lipinski definition) is 3. The van der Waals surface area contributed by atoms with E-state index in [1.165, 1.54) is 12.5 Å². The lowest BCUT2D eigenvalue weighted by molar-refractivity contribution is 0.159. The standard InChI is InChI=1S/C19H35NO4/c1-4-7-8-13-19(20-18(21)22,14-9-11-16-23-5-2)15-10-12-17-24-6-3/h5-6,20H,2-4,7-17H2,1H3,(H,21,22).